The maximum Gasteiger partial charge on any atom is 0.255 e. The fraction of sp³-hybridized carbons (Fsp3) is 0.368. The van der Waals surface area contributed by atoms with Gasteiger partial charge < -0.3 is 9.80 Å². The summed E-state index contributed by atoms with van der Waals surface area (Å²) in [6.07, 6.45) is 3.77. The number of aromatic nitrogens is 1. The Balaban J connectivity index is 1.99. The number of anilines is 1. The zero-order valence-electron chi connectivity index (χ0n) is 14.2. The average molecular weight is 311 g/mol. The predicted octanol–water partition coefficient (Wildman–Crippen LogP) is 3.59. The Morgan fingerprint density at radius 1 is 1.09 bits per heavy atom. The molecule has 4 heteroatoms. The first-order chi connectivity index (χ1) is 11.1. The van der Waals surface area contributed by atoms with E-state index >= 15 is 0 Å². The molecule has 1 heterocycles. The number of carbonyl (C=O) groups excluding carboxylic acids is 1. The highest BCUT2D eigenvalue weighted by molar-refractivity contribution is 5.93. The SMILES string of the molecule is CCCCN(C)C(=O)c1ccc(N(C)Cc2ccccc2)nc1. The molecule has 0 radical (unpaired) electrons. The minimum atomic E-state index is 0.0308. The number of benzene rings is 1. The first kappa shape index (κ1) is 17.0. The van der Waals surface area contributed by atoms with Crippen molar-refractivity contribution >= 4 is 11.7 Å². The van der Waals surface area contributed by atoms with Crippen LogP contribution in [0.15, 0.2) is 48.7 Å². The Morgan fingerprint density at radius 2 is 1.83 bits per heavy atom. The highest BCUT2D eigenvalue weighted by atomic mass is 16.2. The molecule has 0 saturated heterocycles. The highest BCUT2D eigenvalue weighted by Gasteiger charge is 2.12. The molecule has 0 aliphatic carbocycles. The van der Waals surface area contributed by atoms with Gasteiger partial charge >= 0.3 is 0 Å². The lowest BCUT2D eigenvalue weighted by Gasteiger charge is -2.19. The molecule has 0 bridgehead atoms. The van der Waals surface area contributed by atoms with Crippen LogP contribution >= 0.6 is 0 Å². The maximum atomic E-state index is 12.3. The van der Waals surface area contributed by atoms with Crippen molar-refractivity contribution < 1.29 is 4.79 Å². The summed E-state index contributed by atoms with van der Waals surface area (Å²) in [5, 5.41) is 0. The van der Waals surface area contributed by atoms with Gasteiger partial charge in [-0.3, -0.25) is 4.79 Å². The summed E-state index contributed by atoms with van der Waals surface area (Å²) in [6.45, 7) is 3.69. The van der Waals surface area contributed by atoms with Crippen molar-refractivity contribution in [1.82, 2.24) is 9.88 Å². The lowest BCUT2D eigenvalue weighted by Crippen LogP contribution is -2.28. The lowest BCUT2D eigenvalue weighted by atomic mass is 10.2. The summed E-state index contributed by atoms with van der Waals surface area (Å²) in [6, 6.07) is 14.0. The summed E-state index contributed by atoms with van der Waals surface area (Å²) in [4.78, 5) is 20.6. The third kappa shape index (κ3) is 4.81. The van der Waals surface area contributed by atoms with Crippen LogP contribution in [0.1, 0.15) is 35.7 Å². The number of hydrogen-bond donors (Lipinski definition) is 0. The van der Waals surface area contributed by atoms with Crippen molar-refractivity contribution in [3.05, 3.63) is 59.8 Å². The summed E-state index contributed by atoms with van der Waals surface area (Å²) in [5.74, 6) is 0.893. The standard InChI is InChI=1S/C19H25N3O/c1-4-5-13-21(2)19(23)17-11-12-18(20-14-17)22(3)15-16-9-7-6-8-10-16/h6-12,14H,4-5,13,15H2,1-3H3. The smallest absolute Gasteiger partial charge is 0.255 e. The Labute approximate surface area is 138 Å². The second-order valence-electron chi connectivity index (χ2n) is 5.83. The van der Waals surface area contributed by atoms with Crippen molar-refractivity contribution in [3.8, 4) is 0 Å². The molecule has 2 rings (SSSR count). The van der Waals surface area contributed by atoms with E-state index in [1.807, 2.05) is 44.4 Å². The van der Waals surface area contributed by atoms with Crippen LogP contribution in [-0.2, 0) is 6.54 Å². The van der Waals surface area contributed by atoms with Gasteiger partial charge in [0.1, 0.15) is 5.82 Å². The number of pyridine rings is 1. The van der Waals surface area contributed by atoms with E-state index in [2.05, 4.69) is 28.9 Å². The average Bonchev–Trinajstić information content (AvgIpc) is 2.60. The van der Waals surface area contributed by atoms with E-state index in [-0.39, 0.29) is 5.91 Å². The summed E-state index contributed by atoms with van der Waals surface area (Å²) < 4.78 is 0. The molecule has 0 atom stereocenters. The summed E-state index contributed by atoms with van der Waals surface area (Å²) in [5.41, 5.74) is 1.87. The normalized spacial score (nSPS) is 10.4. The van der Waals surface area contributed by atoms with Crippen molar-refractivity contribution in [2.45, 2.75) is 26.3 Å². The number of carbonyl (C=O) groups is 1. The van der Waals surface area contributed by atoms with Gasteiger partial charge in [0.15, 0.2) is 0 Å². The van der Waals surface area contributed by atoms with E-state index in [1.165, 1.54) is 5.56 Å². The Hall–Kier alpha value is -2.36. The van der Waals surface area contributed by atoms with Gasteiger partial charge in [-0.25, -0.2) is 4.98 Å². The molecule has 0 spiro atoms. The molecule has 2 aromatic rings. The molecule has 1 aromatic carbocycles. The zero-order chi connectivity index (χ0) is 16.7. The van der Waals surface area contributed by atoms with E-state index in [4.69, 9.17) is 0 Å². The molecule has 0 unspecified atom stereocenters. The molecular formula is C19H25N3O. The van der Waals surface area contributed by atoms with Crippen LogP contribution in [0.2, 0.25) is 0 Å². The summed E-state index contributed by atoms with van der Waals surface area (Å²) >= 11 is 0. The first-order valence-corrected chi connectivity index (χ1v) is 8.08. The molecule has 1 amide bonds. The monoisotopic (exact) mass is 311 g/mol. The Bertz CT molecular complexity index is 610. The van der Waals surface area contributed by atoms with E-state index in [1.54, 1.807) is 11.1 Å². The lowest BCUT2D eigenvalue weighted by molar-refractivity contribution is 0.0793. The molecule has 23 heavy (non-hydrogen) atoms. The van der Waals surface area contributed by atoms with E-state index < -0.39 is 0 Å². The molecule has 0 fully saturated rings. The number of rotatable bonds is 7. The number of amides is 1. The van der Waals surface area contributed by atoms with Gasteiger partial charge in [0.25, 0.3) is 5.91 Å². The van der Waals surface area contributed by atoms with Gasteiger partial charge in [-0.15, -0.1) is 0 Å². The summed E-state index contributed by atoms with van der Waals surface area (Å²) in [7, 11) is 3.84. The highest BCUT2D eigenvalue weighted by Crippen LogP contribution is 2.14. The molecular weight excluding hydrogens is 286 g/mol. The van der Waals surface area contributed by atoms with Crippen molar-refractivity contribution in [1.29, 1.82) is 0 Å². The van der Waals surface area contributed by atoms with E-state index in [0.717, 1.165) is 31.7 Å². The van der Waals surface area contributed by atoms with Crippen molar-refractivity contribution in [3.63, 3.8) is 0 Å². The third-order valence-electron chi connectivity index (χ3n) is 3.84. The van der Waals surface area contributed by atoms with Gasteiger partial charge in [-0.05, 0) is 24.1 Å². The van der Waals surface area contributed by atoms with Crippen LogP contribution in [0, 0.1) is 0 Å². The largest absolute Gasteiger partial charge is 0.355 e. The van der Waals surface area contributed by atoms with Crippen molar-refractivity contribution in [2.75, 3.05) is 25.5 Å². The quantitative estimate of drug-likeness (QED) is 0.784. The molecule has 122 valence electrons. The zero-order valence-corrected chi connectivity index (χ0v) is 14.2. The van der Waals surface area contributed by atoms with Gasteiger partial charge in [0.05, 0.1) is 5.56 Å². The van der Waals surface area contributed by atoms with Gasteiger partial charge in [-0.2, -0.15) is 0 Å². The molecule has 1 aromatic heterocycles. The molecule has 0 saturated carbocycles. The minimum Gasteiger partial charge on any atom is -0.355 e. The van der Waals surface area contributed by atoms with Crippen LogP contribution < -0.4 is 4.90 Å². The first-order valence-electron chi connectivity index (χ1n) is 8.08. The number of nitrogens with zero attached hydrogens (tertiary/aromatic N) is 3. The maximum absolute atomic E-state index is 12.3. The molecule has 0 aliphatic heterocycles. The Morgan fingerprint density at radius 3 is 2.43 bits per heavy atom. The molecule has 0 aliphatic rings. The number of unbranched alkanes of at least 4 members (excludes halogenated alkanes) is 1. The second-order valence-corrected chi connectivity index (χ2v) is 5.83. The van der Waals surface area contributed by atoms with E-state index in [0.29, 0.717) is 5.56 Å². The predicted molar refractivity (Wildman–Crippen MR) is 94.7 cm³/mol. The third-order valence-corrected chi connectivity index (χ3v) is 3.84. The molecule has 0 N–H and O–H groups in total. The topological polar surface area (TPSA) is 36.4 Å². The van der Waals surface area contributed by atoms with Crippen LogP contribution in [0.4, 0.5) is 5.82 Å². The van der Waals surface area contributed by atoms with Crippen LogP contribution in [-0.4, -0.2) is 36.4 Å². The van der Waals surface area contributed by atoms with Crippen LogP contribution in [0.5, 0.6) is 0 Å². The fourth-order valence-corrected chi connectivity index (χ4v) is 2.39. The fourth-order valence-electron chi connectivity index (χ4n) is 2.39. The Kier molecular flexibility index (Phi) is 6.15. The van der Waals surface area contributed by atoms with Crippen LogP contribution in [0.3, 0.4) is 0 Å². The van der Waals surface area contributed by atoms with Crippen LogP contribution in [0.25, 0.3) is 0 Å². The molecule has 4 nitrogen and oxygen atoms in total. The second kappa shape index (κ2) is 8.32. The minimum absolute atomic E-state index is 0.0308. The van der Waals surface area contributed by atoms with Gasteiger partial charge in [0, 0.05) is 33.4 Å². The van der Waals surface area contributed by atoms with Crippen molar-refractivity contribution in [2.24, 2.45) is 0 Å². The number of hydrogen-bond acceptors (Lipinski definition) is 3. The van der Waals surface area contributed by atoms with Gasteiger partial charge in [0.2, 0.25) is 0 Å². The van der Waals surface area contributed by atoms with E-state index in [9.17, 15) is 4.79 Å². The van der Waals surface area contributed by atoms with Gasteiger partial charge in [-0.1, -0.05) is 43.7 Å².